The number of carboxylic acids is 1. The molecule has 0 spiro atoms. The van der Waals surface area contributed by atoms with Crippen LogP contribution in [-0.4, -0.2) is 25.4 Å². The highest BCUT2D eigenvalue weighted by atomic mass is 79.9. The summed E-state index contributed by atoms with van der Waals surface area (Å²) < 4.78 is 3.99. The van der Waals surface area contributed by atoms with E-state index in [4.69, 9.17) is 5.11 Å². The number of carbonyl (C=O) groups is 1. The first-order valence-electron chi connectivity index (χ1n) is 6.34. The van der Waals surface area contributed by atoms with Crippen molar-refractivity contribution in [2.45, 2.75) is 13.0 Å². The number of aryl methyl sites for hydroxylation is 2. The number of pyridine rings is 1. The molecule has 0 amide bonds. The van der Waals surface area contributed by atoms with E-state index in [9.17, 15) is 9.59 Å². The van der Waals surface area contributed by atoms with Gasteiger partial charge < -0.3 is 9.67 Å². The third-order valence-corrected chi connectivity index (χ3v) is 3.96. The van der Waals surface area contributed by atoms with Gasteiger partial charge in [-0.15, -0.1) is 0 Å². The maximum atomic E-state index is 12.6. The lowest BCUT2D eigenvalue weighted by atomic mass is 10.1. The van der Waals surface area contributed by atoms with Crippen molar-refractivity contribution in [3.05, 3.63) is 39.2 Å². The number of aliphatic carboxylic acids is 1. The summed E-state index contributed by atoms with van der Waals surface area (Å²) in [6, 6.07) is 5.62. The van der Waals surface area contributed by atoms with Gasteiger partial charge in [0.2, 0.25) is 0 Å². The van der Waals surface area contributed by atoms with Gasteiger partial charge in [0.05, 0.1) is 29.0 Å². The molecule has 0 aliphatic carbocycles. The van der Waals surface area contributed by atoms with E-state index < -0.39 is 5.97 Å². The minimum absolute atomic E-state index is 0.104. The Balaban J connectivity index is 2.42. The van der Waals surface area contributed by atoms with Crippen molar-refractivity contribution in [1.82, 2.24) is 14.3 Å². The molecule has 0 radical (unpaired) electrons. The molecular formula is C14H12BrN3O3. The zero-order chi connectivity index (χ0) is 15.1. The van der Waals surface area contributed by atoms with E-state index in [1.807, 2.05) is 18.2 Å². The zero-order valence-electron chi connectivity index (χ0n) is 11.2. The quantitative estimate of drug-likeness (QED) is 0.785. The van der Waals surface area contributed by atoms with Crippen LogP contribution in [0, 0.1) is 0 Å². The van der Waals surface area contributed by atoms with Crippen molar-refractivity contribution >= 4 is 43.7 Å². The number of halogens is 1. The third kappa shape index (κ3) is 2.23. The molecule has 0 aliphatic heterocycles. The summed E-state index contributed by atoms with van der Waals surface area (Å²) in [5.74, 6) is -0.934. The van der Waals surface area contributed by atoms with Crippen LogP contribution in [-0.2, 0) is 18.4 Å². The Kier molecular flexibility index (Phi) is 3.29. The molecule has 6 nitrogen and oxygen atoms in total. The predicted octanol–water partition coefficient (Wildman–Crippen LogP) is 2.13. The summed E-state index contributed by atoms with van der Waals surface area (Å²) in [4.78, 5) is 23.4. The first kappa shape index (κ1) is 13.8. The van der Waals surface area contributed by atoms with E-state index in [0.717, 1.165) is 15.4 Å². The van der Waals surface area contributed by atoms with Crippen molar-refractivity contribution in [2.24, 2.45) is 7.05 Å². The summed E-state index contributed by atoms with van der Waals surface area (Å²) >= 11 is 3.39. The van der Waals surface area contributed by atoms with E-state index in [1.165, 1.54) is 10.8 Å². The largest absolute Gasteiger partial charge is 0.481 e. The number of hydrogen-bond donors (Lipinski definition) is 1. The Hall–Kier alpha value is -2.15. The van der Waals surface area contributed by atoms with Gasteiger partial charge in [0.15, 0.2) is 0 Å². The molecule has 3 rings (SSSR count). The molecule has 0 bridgehead atoms. The SMILES string of the molecule is Cn1ncc2c(=O)n(CCC(=O)O)c3cc(Br)ccc3c21. The van der Waals surface area contributed by atoms with Crippen LogP contribution in [0.4, 0.5) is 0 Å². The lowest BCUT2D eigenvalue weighted by Gasteiger charge is -2.11. The molecule has 0 saturated heterocycles. The van der Waals surface area contributed by atoms with Gasteiger partial charge in [-0.2, -0.15) is 5.10 Å². The molecule has 108 valence electrons. The van der Waals surface area contributed by atoms with Crippen LogP contribution >= 0.6 is 15.9 Å². The minimum Gasteiger partial charge on any atom is -0.481 e. The van der Waals surface area contributed by atoms with Crippen LogP contribution < -0.4 is 5.56 Å². The summed E-state index contributed by atoms with van der Waals surface area (Å²) in [5, 5.41) is 14.4. The molecule has 2 aromatic heterocycles. The van der Waals surface area contributed by atoms with Gasteiger partial charge in [-0.3, -0.25) is 14.3 Å². The van der Waals surface area contributed by atoms with Gasteiger partial charge in [0.25, 0.3) is 5.56 Å². The van der Waals surface area contributed by atoms with Gasteiger partial charge in [0.1, 0.15) is 0 Å². The van der Waals surface area contributed by atoms with E-state index in [-0.39, 0.29) is 18.5 Å². The van der Waals surface area contributed by atoms with Gasteiger partial charge >= 0.3 is 5.97 Å². The molecule has 7 heteroatoms. The van der Waals surface area contributed by atoms with Crippen LogP contribution in [0.1, 0.15) is 6.42 Å². The number of fused-ring (bicyclic) bond motifs is 3. The Morgan fingerprint density at radius 2 is 2.14 bits per heavy atom. The zero-order valence-corrected chi connectivity index (χ0v) is 12.8. The van der Waals surface area contributed by atoms with E-state index >= 15 is 0 Å². The molecule has 1 N–H and O–H groups in total. The fourth-order valence-electron chi connectivity index (χ4n) is 2.53. The van der Waals surface area contributed by atoms with Gasteiger partial charge in [-0.1, -0.05) is 15.9 Å². The van der Waals surface area contributed by atoms with Crippen molar-refractivity contribution in [1.29, 1.82) is 0 Å². The summed E-state index contributed by atoms with van der Waals surface area (Å²) in [6.07, 6.45) is 1.42. The number of hydrogen-bond acceptors (Lipinski definition) is 3. The second kappa shape index (κ2) is 5.00. The van der Waals surface area contributed by atoms with E-state index in [2.05, 4.69) is 21.0 Å². The second-order valence-electron chi connectivity index (χ2n) is 4.79. The van der Waals surface area contributed by atoms with Gasteiger partial charge in [-0.05, 0) is 18.2 Å². The van der Waals surface area contributed by atoms with Crippen LogP contribution in [0.25, 0.3) is 21.8 Å². The lowest BCUT2D eigenvalue weighted by Crippen LogP contribution is -2.22. The smallest absolute Gasteiger partial charge is 0.305 e. The van der Waals surface area contributed by atoms with Crippen LogP contribution in [0.2, 0.25) is 0 Å². The Morgan fingerprint density at radius 3 is 2.86 bits per heavy atom. The number of carboxylic acid groups (broad SMARTS) is 1. The van der Waals surface area contributed by atoms with Gasteiger partial charge in [-0.25, -0.2) is 0 Å². The number of aromatic nitrogens is 3. The number of rotatable bonds is 3. The van der Waals surface area contributed by atoms with Crippen molar-refractivity contribution in [3.8, 4) is 0 Å². The highest BCUT2D eigenvalue weighted by Crippen LogP contribution is 2.25. The number of benzene rings is 1. The van der Waals surface area contributed by atoms with Crippen molar-refractivity contribution < 1.29 is 9.90 Å². The molecule has 0 unspecified atom stereocenters. The van der Waals surface area contributed by atoms with E-state index in [1.54, 1.807) is 11.7 Å². The molecule has 0 fully saturated rings. The average Bonchev–Trinajstić information content (AvgIpc) is 2.81. The van der Waals surface area contributed by atoms with Crippen molar-refractivity contribution in [2.75, 3.05) is 0 Å². The highest BCUT2D eigenvalue weighted by Gasteiger charge is 2.15. The molecule has 0 atom stereocenters. The first-order valence-corrected chi connectivity index (χ1v) is 7.14. The Bertz CT molecular complexity index is 926. The van der Waals surface area contributed by atoms with Crippen LogP contribution in [0.3, 0.4) is 0 Å². The Morgan fingerprint density at radius 1 is 1.38 bits per heavy atom. The number of nitrogens with zero attached hydrogens (tertiary/aromatic N) is 3. The fraction of sp³-hybridized carbons (Fsp3) is 0.214. The average molecular weight is 350 g/mol. The summed E-state index contributed by atoms with van der Waals surface area (Å²) in [7, 11) is 1.78. The first-order chi connectivity index (χ1) is 9.99. The highest BCUT2D eigenvalue weighted by molar-refractivity contribution is 9.10. The molecule has 3 aromatic rings. The standard InChI is InChI=1S/C14H12BrN3O3/c1-17-13-9-3-2-8(15)6-11(9)18(5-4-12(19)20)14(21)10(13)7-16-17/h2-3,6-7H,4-5H2,1H3,(H,19,20). The molecule has 21 heavy (non-hydrogen) atoms. The molecule has 1 aromatic carbocycles. The maximum Gasteiger partial charge on any atom is 0.305 e. The maximum absolute atomic E-state index is 12.6. The van der Waals surface area contributed by atoms with Crippen molar-refractivity contribution in [3.63, 3.8) is 0 Å². The van der Waals surface area contributed by atoms with Crippen LogP contribution in [0.5, 0.6) is 0 Å². The van der Waals surface area contributed by atoms with Gasteiger partial charge in [0, 0.05) is 23.5 Å². The minimum atomic E-state index is -0.934. The normalized spacial score (nSPS) is 11.3. The second-order valence-corrected chi connectivity index (χ2v) is 5.71. The molecule has 0 saturated carbocycles. The Labute approximate surface area is 127 Å². The van der Waals surface area contributed by atoms with E-state index in [0.29, 0.717) is 10.9 Å². The summed E-state index contributed by atoms with van der Waals surface area (Å²) in [6.45, 7) is 0.131. The lowest BCUT2D eigenvalue weighted by molar-refractivity contribution is -0.137. The monoisotopic (exact) mass is 349 g/mol. The van der Waals surface area contributed by atoms with Crippen LogP contribution in [0.15, 0.2) is 33.7 Å². The molecule has 2 heterocycles. The summed E-state index contributed by atoms with van der Waals surface area (Å²) in [5.41, 5.74) is 1.24. The molecular weight excluding hydrogens is 338 g/mol. The molecule has 0 aliphatic rings. The third-order valence-electron chi connectivity index (χ3n) is 3.47. The fourth-order valence-corrected chi connectivity index (χ4v) is 2.88. The predicted molar refractivity (Wildman–Crippen MR) is 82.4 cm³/mol. The topological polar surface area (TPSA) is 77.1 Å².